The van der Waals surface area contributed by atoms with Crippen LogP contribution in [0.1, 0.15) is 58.8 Å². The standard InChI is InChI=1S/C18H29NO4S/c1-3-4-5-6-7-11-14-23-18(20)15-16(2)19-24(21,22)17-12-9-8-10-13-17/h8-10,12-13,16,19H,3-7,11,14-15H2,1-2H3. The molecular weight excluding hydrogens is 326 g/mol. The minimum Gasteiger partial charge on any atom is -0.466 e. The van der Waals surface area contributed by atoms with Crippen LogP contribution in [0.5, 0.6) is 0 Å². The molecular formula is C18H29NO4S. The molecule has 1 atom stereocenters. The van der Waals surface area contributed by atoms with Gasteiger partial charge < -0.3 is 4.74 Å². The lowest BCUT2D eigenvalue weighted by Gasteiger charge is -2.13. The summed E-state index contributed by atoms with van der Waals surface area (Å²) < 4.78 is 32.0. The lowest BCUT2D eigenvalue weighted by atomic mass is 10.1. The van der Waals surface area contributed by atoms with Crippen molar-refractivity contribution in [3.05, 3.63) is 30.3 Å². The topological polar surface area (TPSA) is 72.5 Å². The summed E-state index contributed by atoms with van der Waals surface area (Å²) in [6.45, 7) is 4.24. The predicted molar refractivity (Wildman–Crippen MR) is 95.2 cm³/mol. The molecule has 1 aromatic carbocycles. The Bertz CT molecular complexity index is 572. The van der Waals surface area contributed by atoms with E-state index in [9.17, 15) is 13.2 Å². The van der Waals surface area contributed by atoms with Gasteiger partial charge in [-0.1, -0.05) is 57.2 Å². The molecule has 1 aromatic rings. The van der Waals surface area contributed by atoms with Crippen LogP contribution in [0, 0.1) is 0 Å². The van der Waals surface area contributed by atoms with Crippen LogP contribution in [0.4, 0.5) is 0 Å². The summed E-state index contributed by atoms with van der Waals surface area (Å²) in [5.74, 6) is -0.369. The first-order valence-corrected chi connectivity index (χ1v) is 10.2. The molecule has 1 N–H and O–H groups in total. The number of carbonyl (C=O) groups is 1. The second-order valence-electron chi connectivity index (χ2n) is 6.03. The maximum atomic E-state index is 12.1. The molecule has 136 valence electrons. The van der Waals surface area contributed by atoms with E-state index in [0.717, 1.165) is 12.8 Å². The number of carbonyl (C=O) groups excluding carboxylic acids is 1. The maximum absolute atomic E-state index is 12.1. The van der Waals surface area contributed by atoms with Crippen LogP contribution in [0.2, 0.25) is 0 Å². The highest BCUT2D eigenvalue weighted by molar-refractivity contribution is 7.89. The number of hydrogen-bond donors (Lipinski definition) is 1. The van der Waals surface area contributed by atoms with E-state index in [4.69, 9.17) is 4.74 Å². The van der Waals surface area contributed by atoms with E-state index in [1.807, 2.05) is 0 Å². The number of esters is 1. The summed E-state index contributed by atoms with van der Waals surface area (Å²) in [6.07, 6.45) is 6.80. The second kappa shape index (κ2) is 11.2. The van der Waals surface area contributed by atoms with E-state index in [-0.39, 0.29) is 17.3 Å². The minimum atomic E-state index is -3.60. The van der Waals surface area contributed by atoms with Crippen molar-refractivity contribution in [1.82, 2.24) is 4.72 Å². The van der Waals surface area contributed by atoms with Crippen molar-refractivity contribution in [2.75, 3.05) is 6.61 Å². The third kappa shape index (κ3) is 8.45. The quantitative estimate of drug-likeness (QED) is 0.459. The molecule has 0 spiro atoms. The minimum absolute atomic E-state index is 0.0297. The van der Waals surface area contributed by atoms with Crippen molar-refractivity contribution >= 4 is 16.0 Å². The van der Waals surface area contributed by atoms with Gasteiger partial charge in [0.2, 0.25) is 10.0 Å². The number of nitrogens with one attached hydrogen (secondary N) is 1. The first kappa shape index (κ1) is 20.6. The van der Waals surface area contributed by atoms with Crippen LogP contribution in [0.25, 0.3) is 0 Å². The normalized spacial score (nSPS) is 12.8. The zero-order valence-corrected chi connectivity index (χ0v) is 15.5. The molecule has 0 heterocycles. The summed E-state index contributed by atoms with van der Waals surface area (Å²) in [7, 11) is -3.60. The van der Waals surface area contributed by atoms with Crippen molar-refractivity contribution in [2.45, 2.75) is 69.7 Å². The Morgan fingerprint density at radius 3 is 2.38 bits per heavy atom. The van der Waals surface area contributed by atoms with Crippen LogP contribution >= 0.6 is 0 Å². The van der Waals surface area contributed by atoms with Crippen LogP contribution in [-0.2, 0) is 19.6 Å². The first-order chi connectivity index (χ1) is 11.5. The summed E-state index contributed by atoms with van der Waals surface area (Å²) in [5.41, 5.74) is 0. The first-order valence-electron chi connectivity index (χ1n) is 8.68. The summed E-state index contributed by atoms with van der Waals surface area (Å²) >= 11 is 0. The van der Waals surface area contributed by atoms with Gasteiger partial charge in [0.15, 0.2) is 0 Å². The smallest absolute Gasteiger partial charge is 0.307 e. The summed E-state index contributed by atoms with van der Waals surface area (Å²) in [4.78, 5) is 11.9. The molecule has 0 fully saturated rings. The fourth-order valence-corrected chi connectivity index (χ4v) is 3.62. The molecule has 0 amide bonds. The number of hydrogen-bond acceptors (Lipinski definition) is 4. The maximum Gasteiger partial charge on any atom is 0.307 e. The van der Waals surface area contributed by atoms with Crippen molar-refractivity contribution < 1.29 is 17.9 Å². The van der Waals surface area contributed by atoms with E-state index in [0.29, 0.717) is 6.61 Å². The number of sulfonamides is 1. The van der Waals surface area contributed by atoms with Gasteiger partial charge in [-0.3, -0.25) is 4.79 Å². The number of unbranched alkanes of at least 4 members (excludes halogenated alkanes) is 5. The van der Waals surface area contributed by atoms with Crippen LogP contribution < -0.4 is 4.72 Å². The van der Waals surface area contributed by atoms with Crippen molar-refractivity contribution in [1.29, 1.82) is 0 Å². The molecule has 0 aliphatic heterocycles. The molecule has 24 heavy (non-hydrogen) atoms. The molecule has 0 saturated carbocycles. The lowest BCUT2D eigenvalue weighted by Crippen LogP contribution is -2.34. The van der Waals surface area contributed by atoms with Gasteiger partial charge in [0.25, 0.3) is 0 Å². The Hall–Kier alpha value is -1.40. The van der Waals surface area contributed by atoms with Crippen molar-refractivity contribution in [3.8, 4) is 0 Å². The summed E-state index contributed by atoms with van der Waals surface area (Å²) in [5, 5.41) is 0. The Morgan fingerprint density at radius 2 is 1.71 bits per heavy atom. The monoisotopic (exact) mass is 355 g/mol. The average Bonchev–Trinajstić information content (AvgIpc) is 2.54. The van der Waals surface area contributed by atoms with E-state index >= 15 is 0 Å². The highest BCUT2D eigenvalue weighted by atomic mass is 32.2. The van der Waals surface area contributed by atoms with Gasteiger partial charge >= 0.3 is 5.97 Å². The molecule has 0 aliphatic carbocycles. The van der Waals surface area contributed by atoms with Gasteiger partial charge in [-0.05, 0) is 25.5 Å². The third-order valence-corrected chi connectivity index (χ3v) is 5.25. The molecule has 5 nitrogen and oxygen atoms in total. The predicted octanol–water partition coefficient (Wildman–Crippen LogP) is 3.65. The lowest BCUT2D eigenvalue weighted by molar-refractivity contribution is -0.144. The number of rotatable bonds is 12. The fourth-order valence-electron chi connectivity index (χ4n) is 2.35. The van der Waals surface area contributed by atoms with Crippen LogP contribution in [0.3, 0.4) is 0 Å². The van der Waals surface area contributed by atoms with Crippen LogP contribution in [-0.4, -0.2) is 27.0 Å². The molecule has 1 unspecified atom stereocenters. The van der Waals surface area contributed by atoms with Crippen molar-refractivity contribution in [3.63, 3.8) is 0 Å². The van der Waals surface area contributed by atoms with Gasteiger partial charge in [-0.2, -0.15) is 0 Å². The molecule has 6 heteroatoms. The van der Waals surface area contributed by atoms with Gasteiger partial charge in [-0.15, -0.1) is 0 Å². The van der Waals surface area contributed by atoms with Crippen LogP contribution in [0.15, 0.2) is 35.2 Å². The highest BCUT2D eigenvalue weighted by Crippen LogP contribution is 2.09. The Morgan fingerprint density at radius 1 is 1.08 bits per heavy atom. The van der Waals surface area contributed by atoms with Gasteiger partial charge in [-0.25, -0.2) is 13.1 Å². The van der Waals surface area contributed by atoms with E-state index in [2.05, 4.69) is 11.6 Å². The molecule has 1 rings (SSSR count). The molecule has 0 aromatic heterocycles. The highest BCUT2D eigenvalue weighted by Gasteiger charge is 2.19. The van der Waals surface area contributed by atoms with Crippen molar-refractivity contribution in [2.24, 2.45) is 0 Å². The molecule has 0 bridgehead atoms. The largest absolute Gasteiger partial charge is 0.466 e. The zero-order chi connectivity index (χ0) is 17.8. The van der Waals surface area contributed by atoms with E-state index < -0.39 is 16.1 Å². The molecule has 0 radical (unpaired) electrons. The molecule has 0 saturated heterocycles. The van der Waals surface area contributed by atoms with Gasteiger partial charge in [0.05, 0.1) is 17.9 Å². The Labute approximate surface area is 145 Å². The average molecular weight is 356 g/mol. The Balaban J connectivity index is 2.24. The second-order valence-corrected chi connectivity index (χ2v) is 7.74. The fraction of sp³-hybridized carbons (Fsp3) is 0.611. The third-order valence-electron chi connectivity index (χ3n) is 3.64. The zero-order valence-electron chi connectivity index (χ0n) is 14.7. The summed E-state index contributed by atoms with van der Waals surface area (Å²) in [6, 6.07) is 7.61. The van der Waals surface area contributed by atoms with E-state index in [1.54, 1.807) is 25.1 Å². The SMILES string of the molecule is CCCCCCCCOC(=O)CC(C)NS(=O)(=O)c1ccccc1. The Kier molecular flexibility index (Phi) is 9.64. The van der Waals surface area contributed by atoms with E-state index in [1.165, 1.54) is 37.8 Å². The molecule has 0 aliphatic rings. The number of benzene rings is 1. The van der Waals surface area contributed by atoms with Gasteiger partial charge in [0, 0.05) is 6.04 Å². The number of ether oxygens (including phenoxy) is 1. The van der Waals surface area contributed by atoms with Gasteiger partial charge in [0.1, 0.15) is 0 Å².